The Labute approximate surface area is 758 Å². The number of nitrogens with zero attached hydrogens (tertiary/aromatic N) is 26. The fourth-order valence-electron chi connectivity index (χ4n) is 14.7. The van der Waals surface area contributed by atoms with Crippen molar-refractivity contribution in [3.05, 3.63) is 292 Å². The van der Waals surface area contributed by atoms with Gasteiger partial charge in [-0.3, -0.25) is 19.9 Å². The fraction of sp³-hybridized carbons (Fsp3) is 0.242. The topological polar surface area (TPSA) is 501 Å². The van der Waals surface area contributed by atoms with Crippen molar-refractivity contribution in [3.8, 4) is 17.2 Å². The summed E-state index contributed by atoms with van der Waals surface area (Å²) in [5.74, 6) is 12.3. The number of aryl methyl sites for hydroxylation is 9. The average Bonchev–Trinajstić information content (AvgIpc) is 1.67. The van der Waals surface area contributed by atoms with Gasteiger partial charge in [0.2, 0.25) is 23.7 Å². The minimum atomic E-state index is -0.495. The Morgan fingerprint density at radius 3 is 1.18 bits per heavy atom. The molecule has 0 aliphatic heterocycles. The van der Waals surface area contributed by atoms with E-state index in [4.69, 9.17) is 48.2 Å². The van der Waals surface area contributed by atoms with Crippen LogP contribution in [0, 0.1) is 68.3 Å². The average molecular weight is 1800 g/mol. The van der Waals surface area contributed by atoms with Crippen LogP contribution in [0.15, 0.2) is 200 Å². The summed E-state index contributed by atoms with van der Waals surface area (Å²) >= 11 is 0. The normalized spacial score (nSPS) is 11.1. The number of pyridine rings is 5. The molecule has 20 aromatic heterocycles. The SMILES string of the molecule is COc1ccnc(Cn2ccc3nc(N)nc(NCc4cc(C)on4)c32)c1.COc1ccnc(Cn2ccc3nc(N)nc(NCc4cc(C)on4)c32)c1OC.Cc1nc(NCc2cc(C)on2)c2c(ccn2Cc2cccc(F)n2)n1.Cc1nc(NCc2nc(C)oc2C)c2c(ccn2Cc2ccccn2)n1.Cc1nc(NCc2noc(C)n2)c2c(ccn2Cc2ccccn2)n1. The van der Waals surface area contributed by atoms with Crippen LogP contribution in [0.25, 0.3) is 55.2 Å². The molecule has 42 heteroatoms. The maximum atomic E-state index is 13.4. The van der Waals surface area contributed by atoms with Crippen molar-refractivity contribution in [1.29, 1.82) is 0 Å². The van der Waals surface area contributed by atoms with E-state index in [0.29, 0.717) is 129 Å². The molecule has 0 atom stereocenters. The molecule has 0 bridgehead atoms. The van der Waals surface area contributed by atoms with Crippen LogP contribution >= 0.6 is 0 Å². The lowest BCUT2D eigenvalue weighted by molar-refractivity contribution is 0.348. The van der Waals surface area contributed by atoms with Crippen molar-refractivity contribution in [1.82, 2.24) is 128 Å². The second-order valence-corrected chi connectivity index (χ2v) is 30.4. The molecule has 41 nitrogen and oxygen atoms in total. The molecule has 678 valence electrons. The molecule has 0 saturated heterocycles. The molecule has 0 radical (unpaired) electrons. The quantitative estimate of drug-likeness (QED) is 0.0224. The first-order valence-electron chi connectivity index (χ1n) is 42.0. The van der Waals surface area contributed by atoms with Crippen LogP contribution in [0.5, 0.6) is 17.2 Å². The summed E-state index contributed by atoms with van der Waals surface area (Å²) in [5.41, 5.74) is 27.6. The minimum Gasteiger partial charge on any atom is -0.497 e. The molecular weight excluding hydrogens is 1700 g/mol. The van der Waals surface area contributed by atoms with Crippen molar-refractivity contribution in [2.24, 2.45) is 0 Å². The van der Waals surface area contributed by atoms with Crippen LogP contribution < -0.4 is 52.3 Å². The van der Waals surface area contributed by atoms with Gasteiger partial charge < -0.3 is 97.6 Å². The number of aromatic nitrogens is 26. The Balaban J connectivity index is 0.000000121. The van der Waals surface area contributed by atoms with Gasteiger partial charge >= 0.3 is 0 Å². The second kappa shape index (κ2) is 40.8. The smallest absolute Gasteiger partial charge is 0.223 e. The summed E-state index contributed by atoms with van der Waals surface area (Å²) in [6.07, 6.45) is 16.8. The van der Waals surface area contributed by atoms with E-state index < -0.39 is 5.95 Å². The zero-order valence-electron chi connectivity index (χ0n) is 74.7. The molecule has 20 heterocycles. The molecule has 0 spiro atoms. The number of nitrogens with two attached hydrogens (primary N) is 2. The summed E-state index contributed by atoms with van der Waals surface area (Å²) < 4.78 is 65.5. The number of rotatable bonds is 28. The number of methoxy groups -OCH3 is 3. The van der Waals surface area contributed by atoms with Crippen molar-refractivity contribution < 1.29 is 41.1 Å². The lowest BCUT2D eigenvalue weighted by atomic mass is 10.3. The zero-order chi connectivity index (χ0) is 92.6. The Morgan fingerprint density at radius 2 is 0.767 bits per heavy atom. The number of hydrogen-bond acceptors (Lipinski definition) is 36. The lowest BCUT2D eigenvalue weighted by Gasteiger charge is -2.14. The summed E-state index contributed by atoms with van der Waals surface area (Å²) in [6, 6.07) is 37.3. The van der Waals surface area contributed by atoms with E-state index in [1.807, 2.05) is 197 Å². The first-order valence-corrected chi connectivity index (χ1v) is 42.0. The zero-order valence-corrected chi connectivity index (χ0v) is 74.7. The van der Waals surface area contributed by atoms with Crippen LogP contribution in [-0.4, -0.2) is 150 Å². The maximum absolute atomic E-state index is 13.4. The molecule has 133 heavy (non-hydrogen) atoms. The third-order valence-corrected chi connectivity index (χ3v) is 20.4. The monoisotopic (exact) mass is 1800 g/mol. The molecule has 20 rings (SSSR count). The second-order valence-electron chi connectivity index (χ2n) is 30.4. The molecule has 0 aromatic carbocycles. The van der Waals surface area contributed by atoms with Crippen molar-refractivity contribution >= 4 is 96.2 Å². The Bertz CT molecular complexity index is 7380. The number of hydrogen-bond donors (Lipinski definition) is 7. The first kappa shape index (κ1) is 89.2. The summed E-state index contributed by atoms with van der Waals surface area (Å²) in [7, 11) is 4.82. The van der Waals surface area contributed by atoms with Crippen LogP contribution in [0.1, 0.15) is 109 Å². The lowest BCUT2D eigenvalue weighted by Crippen LogP contribution is -2.09. The van der Waals surface area contributed by atoms with Gasteiger partial charge in [0.15, 0.2) is 52.3 Å². The third-order valence-electron chi connectivity index (χ3n) is 20.4. The van der Waals surface area contributed by atoms with E-state index in [9.17, 15) is 4.39 Å². The Morgan fingerprint density at radius 1 is 0.338 bits per heavy atom. The number of ether oxygens (including phenoxy) is 3. The van der Waals surface area contributed by atoms with E-state index in [1.54, 1.807) is 71.2 Å². The highest BCUT2D eigenvalue weighted by Crippen LogP contribution is 2.34. The predicted octanol–water partition coefficient (Wildman–Crippen LogP) is 13.9. The van der Waals surface area contributed by atoms with Crippen LogP contribution in [0.2, 0.25) is 0 Å². The van der Waals surface area contributed by atoms with Gasteiger partial charge in [-0.2, -0.15) is 19.3 Å². The highest BCUT2D eigenvalue weighted by Gasteiger charge is 2.22. The molecule has 9 N–H and O–H groups in total. The first-order chi connectivity index (χ1) is 64.6. The minimum absolute atomic E-state index is 0.186. The van der Waals surface area contributed by atoms with Gasteiger partial charge in [0.05, 0.1) is 137 Å². The number of fused-ring (bicyclic) bond motifs is 5. The van der Waals surface area contributed by atoms with Gasteiger partial charge in [0, 0.05) is 100.0 Å². The number of anilines is 7. The number of nitrogen functional groups attached to an aromatic ring is 2. The molecule has 0 unspecified atom stereocenters. The van der Waals surface area contributed by atoms with Gasteiger partial charge in [-0.25, -0.2) is 49.8 Å². The highest BCUT2D eigenvalue weighted by atomic mass is 19.1. The molecular formula is C91H94FN33O8. The van der Waals surface area contributed by atoms with Gasteiger partial charge in [0.1, 0.15) is 102 Å². The van der Waals surface area contributed by atoms with Crippen molar-refractivity contribution in [3.63, 3.8) is 0 Å². The summed E-state index contributed by atoms with van der Waals surface area (Å²) in [6.45, 7) is 21.8. The van der Waals surface area contributed by atoms with Crippen LogP contribution in [0.4, 0.5) is 45.4 Å². The Kier molecular flexibility index (Phi) is 27.4. The van der Waals surface area contributed by atoms with E-state index in [-0.39, 0.29) is 11.9 Å². The molecule has 0 saturated carbocycles. The van der Waals surface area contributed by atoms with Crippen LogP contribution in [0.3, 0.4) is 0 Å². The number of oxazole rings is 1. The van der Waals surface area contributed by atoms with Crippen molar-refractivity contribution in [2.45, 2.75) is 128 Å². The fourth-order valence-corrected chi connectivity index (χ4v) is 14.7. The van der Waals surface area contributed by atoms with E-state index in [0.717, 1.165) is 147 Å². The molecule has 0 aliphatic carbocycles. The highest BCUT2D eigenvalue weighted by molar-refractivity contribution is 5.91. The number of nitrogens with one attached hydrogen (secondary N) is 5. The molecule has 0 aliphatic rings. The van der Waals surface area contributed by atoms with E-state index >= 15 is 0 Å². The third kappa shape index (κ3) is 22.1. The van der Waals surface area contributed by atoms with Gasteiger partial charge in [-0.1, -0.05) is 38.8 Å². The van der Waals surface area contributed by atoms with Gasteiger partial charge in [0.25, 0.3) is 0 Å². The maximum Gasteiger partial charge on any atom is 0.223 e. The van der Waals surface area contributed by atoms with E-state index in [2.05, 4.69) is 141 Å². The van der Waals surface area contributed by atoms with Gasteiger partial charge in [-0.15, -0.1) is 0 Å². The van der Waals surface area contributed by atoms with Crippen molar-refractivity contribution in [2.75, 3.05) is 59.4 Å². The summed E-state index contributed by atoms with van der Waals surface area (Å²) in [5, 5.41) is 32.4. The molecule has 0 fully saturated rings. The molecule has 20 aromatic rings. The standard InChI is InChI=1S/C19H21N7O3.C19H20N6O.C18H17FN6O.C18H19N7O2.C17H17N7O/c1-11-8-12(25-29-11)9-22-18-16-13(23-19(20)24-18)5-7-26(16)10-14-17(28-3)15(27-2)4-6-21-14;1-12-17(24-14(3)26-12)10-21-19-18-16(22-13(2)23-19)7-9-25(18)11-15-6-4-5-8-20-15;1-11-8-14(24-26-11)9-20-18-17-15(21-12(2)22-18)6-7-25(17)10-13-4-3-5-16(19)23-13;1-11-7-12(24-27-11)9-21-17-16-15(22-18(19)23-17)4-6-25(16)10-13-8-14(26-2)3-5-20-13;1-11-20-14-6-8-24(10-13-5-3-4-7-18-13)16(14)17(21-11)19-9-15-22-12(2)25-23-15/h4-8H,9-10H2,1-3H3,(H3,20,22,23,24);4-9H,10-11H2,1-3H3,(H,21,22,23);3-8H,9-10H2,1-2H3,(H,20,21,22);3-8H,9-10H2,1-2H3,(H3,19,21,22,23);3-8H,9-10H2,1-2H3,(H,19,20,21). The Hall–Kier alpha value is -17.2. The predicted molar refractivity (Wildman–Crippen MR) is 492 cm³/mol. The number of halogens is 1. The largest absolute Gasteiger partial charge is 0.497 e. The van der Waals surface area contributed by atoms with Gasteiger partial charge in [-0.05, 0) is 121 Å². The molecule has 0 amide bonds. The summed E-state index contributed by atoms with van der Waals surface area (Å²) in [4.78, 5) is 74.8. The van der Waals surface area contributed by atoms with Crippen LogP contribution in [-0.2, 0) is 65.4 Å². The van der Waals surface area contributed by atoms with E-state index in [1.165, 1.54) is 6.07 Å².